The van der Waals surface area contributed by atoms with Crippen LogP contribution in [0.15, 0.2) is 23.8 Å². The maximum absolute atomic E-state index is 12.4. The molecule has 2 atom stereocenters. The van der Waals surface area contributed by atoms with Crippen LogP contribution in [0.3, 0.4) is 0 Å². The molecule has 2 rings (SSSR count). The number of hydrogen-bond donors (Lipinski definition) is 0. The normalized spacial score (nSPS) is 29.1. The van der Waals surface area contributed by atoms with Crippen LogP contribution in [-0.4, -0.2) is 31.9 Å². The largest absolute Gasteiger partial charge is 0.468 e. The van der Waals surface area contributed by atoms with Crippen molar-refractivity contribution < 1.29 is 23.9 Å². The molecule has 126 valence electrons. The van der Waals surface area contributed by atoms with Crippen LogP contribution in [-0.2, 0) is 23.9 Å². The summed E-state index contributed by atoms with van der Waals surface area (Å²) in [7, 11) is 2.57. The van der Waals surface area contributed by atoms with Gasteiger partial charge in [0.1, 0.15) is 0 Å². The number of rotatable bonds is 3. The lowest BCUT2D eigenvalue weighted by Gasteiger charge is -2.30. The average Bonchev–Trinajstić information content (AvgIpc) is 2.78. The summed E-state index contributed by atoms with van der Waals surface area (Å²) in [6, 6.07) is 0. The molecule has 5 nitrogen and oxygen atoms in total. The number of ether oxygens (including phenoxy) is 2. The summed E-state index contributed by atoms with van der Waals surface area (Å²) in [5.74, 6) is -1.10. The summed E-state index contributed by atoms with van der Waals surface area (Å²) in [6.07, 6.45) is 3.71. The summed E-state index contributed by atoms with van der Waals surface area (Å²) in [5, 5.41) is 0. The lowest BCUT2D eigenvalue weighted by molar-refractivity contribution is -0.169. The molecule has 0 aromatic rings. The van der Waals surface area contributed by atoms with Crippen molar-refractivity contribution in [1.29, 1.82) is 0 Å². The number of hydrogen-bond acceptors (Lipinski definition) is 5. The minimum absolute atomic E-state index is 0.0335. The first kappa shape index (κ1) is 17.4. The molecule has 1 saturated carbocycles. The number of methoxy groups -OCH3 is 2. The van der Waals surface area contributed by atoms with Gasteiger partial charge in [-0.2, -0.15) is 0 Å². The number of ketones is 1. The number of allylic oxidation sites excluding steroid dienone is 3. The van der Waals surface area contributed by atoms with Crippen molar-refractivity contribution in [2.45, 2.75) is 39.5 Å². The summed E-state index contributed by atoms with van der Waals surface area (Å²) < 4.78 is 9.80. The van der Waals surface area contributed by atoms with Gasteiger partial charge in [-0.15, -0.1) is 0 Å². The van der Waals surface area contributed by atoms with E-state index in [1.54, 1.807) is 6.92 Å². The van der Waals surface area contributed by atoms with Crippen molar-refractivity contribution in [2.24, 2.45) is 16.7 Å². The minimum atomic E-state index is -1.28. The lowest BCUT2D eigenvalue weighted by atomic mass is 9.74. The molecule has 0 N–H and O–H groups in total. The Morgan fingerprint density at radius 3 is 2.26 bits per heavy atom. The zero-order valence-electron chi connectivity index (χ0n) is 14.2. The van der Waals surface area contributed by atoms with E-state index in [2.05, 4.69) is 6.58 Å². The Bertz CT molecular complexity index is 585. The second-order valence-electron chi connectivity index (χ2n) is 6.98. The molecule has 0 aromatic carbocycles. The first-order chi connectivity index (χ1) is 10.7. The fourth-order valence-electron chi connectivity index (χ4n) is 4.18. The molecular weight excluding hydrogens is 296 g/mol. The van der Waals surface area contributed by atoms with Crippen LogP contribution < -0.4 is 0 Å². The lowest BCUT2D eigenvalue weighted by Crippen LogP contribution is -2.40. The predicted octanol–water partition coefficient (Wildman–Crippen LogP) is 2.60. The fourth-order valence-corrected chi connectivity index (χ4v) is 4.18. The molecule has 0 heterocycles. The number of carbonyl (C=O) groups is 3. The Hall–Kier alpha value is -1.91. The minimum Gasteiger partial charge on any atom is -0.468 e. The number of carbonyl (C=O) groups excluding carboxylic acids is 3. The first-order valence-electron chi connectivity index (χ1n) is 7.74. The van der Waals surface area contributed by atoms with Gasteiger partial charge in [0, 0.05) is 0 Å². The second kappa shape index (κ2) is 5.95. The Morgan fingerprint density at radius 1 is 1.22 bits per heavy atom. The molecule has 0 saturated heterocycles. The number of esters is 2. The molecule has 2 aliphatic rings. The van der Waals surface area contributed by atoms with Crippen LogP contribution in [0.2, 0.25) is 0 Å². The monoisotopic (exact) mass is 320 g/mol. The molecule has 0 unspecified atom stereocenters. The van der Waals surface area contributed by atoms with E-state index in [1.807, 2.05) is 13.0 Å². The molecule has 0 radical (unpaired) electrons. The molecule has 0 amide bonds. The van der Waals surface area contributed by atoms with Crippen LogP contribution in [0.25, 0.3) is 0 Å². The summed E-state index contributed by atoms with van der Waals surface area (Å²) in [4.78, 5) is 36.4. The maximum Gasteiger partial charge on any atom is 0.323 e. The maximum atomic E-state index is 12.4. The van der Waals surface area contributed by atoms with Gasteiger partial charge >= 0.3 is 11.9 Å². The zero-order valence-corrected chi connectivity index (χ0v) is 14.2. The van der Waals surface area contributed by atoms with Gasteiger partial charge in [0.25, 0.3) is 0 Å². The van der Waals surface area contributed by atoms with Crippen LogP contribution in [0, 0.1) is 16.7 Å². The molecule has 5 heteroatoms. The van der Waals surface area contributed by atoms with E-state index in [0.29, 0.717) is 25.7 Å². The SMILES string of the molecule is C=C1CC(C(C)=O)=CC[C@]2(C)CC(C(=O)OC)(C(=O)OC)C[C@H]12. The standard InChI is InChI=1S/C18H24O5/c1-11-8-13(12(2)19)6-7-17(3)10-18(9-14(11)17,15(20)22-4)16(21)23-5/h6,14H,1,7-10H2,2-5H3/t14-,17-/m1/s1. The Morgan fingerprint density at radius 2 is 1.78 bits per heavy atom. The summed E-state index contributed by atoms with van der Waals surface area (Å²) in [5.41, 5.74) is 0.0397. The van der Waals surface area contributed by atoms with Crippen molar-refractivity contribution in [3.63, 3.8) is 0 Å². The summed E-state index contributed by atoms with van der Waals surface area (Å²) in [6.45, 7) is 7.72. The molecule has 2 aliphatic carbocycles. The van der Waals surface area contributed by atoms with Gasteiger partial charge in [0.15, 0.2) is 11.2 Å². The van der Waals surface area contributed by atoms with Crippen LogP contribution >= 0.6 is 0 Å². The van der Waals surface area contributed by atoms with Crippen molar-refractivity contribution in [3.8, 4) is 0 Å². The van der Waals surface area contributed by atoms with Crippen molar-refractivity contribution in [1.82, 2.24) is 0 Å². The number of fused-ring (bicyclic) bond motifs is 1. The Labute approximate surface area is 136 Å². The molecule has 0 spiro atoms. The van der Waals surface area contributed by atoms with E-state index in [9.17, 15) is 14.4 Å². The van der Waals surface area contributed by atoms with Gasteiger partial charge in [-0.25, -0.2) is 0 Å². The van der Waals surface area contributed by atoms with Gasteiger partial charge in [0.2, 0.25) is 0 Å². The Kier molecular flexibility index (Phi) is 4.51. The average molecular weight is 320 g/mol. The predicted molar refractivity (Wildman–Crippen MR) is 84.4 cm³/mol. The highest BCUT2D eigenvalue weighted by Crippen LogP contribution is 2.60. The molecular formula is C18H24O5. The van der Waals surface area contributed by atoms with E-state index in [4.69, 9.17) is 9.47 Å². The van der Waals surface area contributed by atoms with E-state index < -0.39 is 17.4 Å². The van der Waals surface area contributed by atoms with Crippen molar-refractivity contribution >= 4 is 17.7 Å². The van der Waals surface area contributed by atoms with E-state index in [0.717, 1.165) is 11.1 Å². The third-order valence-corrected chi connectivity index (χ3v) is 5.43. The van der Waals surface area contributed by atoms with Gasteiger partial charge < -0.3 is 9.47 Å². The van der Waals surface area contributed by atoms with E-state index >= 15 is 0 Å². The van der Waals surface area contributed by atoms with Gasteiger partial charge in [-0.1, -0.05) is 25.2 Å². The highest BCUT2D eigenvalue weighted by molar-refractivity contribution is 6.00. The van der Waals surface area contributed by atoms with Crippen LogP contribution in [0.4, 0.5) is 0 Å². The Balaban J connectivity index is 2.45. The van der Waals surface area contributed by atoms with Gasteiger partial charge in [-0.05, 0) is 49.5 Å². The molecule has 23 heavy (non-hydrogen) atoms. The van der Waals surface area contributed by atoms with Gasteiger partial charge in [0.05, 0.1) is 14.2 Å². The highest BCUT2D eigenvalue weighted by Gasteiger charge is 2.62. The van der Waals surface area contributed by atoms with E-state index in [1.165, 1.54) is 14.2 Å². The third-order valence-electron chi connectivity index (χ3n) is 5.43. The summed E-state index contributed by atoms with van der Waals surface area (Å²) >= 11 is 0. The smallest absolute Gasteiger partial charge is 0.323 e. The molecule has 0 aliphatic heterocycles. The van der Waals surface area contributed by atoms with Gasteiger partial charge in [-0.3, -0.25) is 14.4 Å². The van der Waals surface area contributed by atoms with Crippen molar-refractivity contribution in [2.75, 3.05) is 14.2 Å². The van der Waals surface area contributed by atoms with Crippen LogP contribution in [0.5, 0.6) is 0 Å². The molecule has 0 bridgehead atoms. The third kappa shape index (κ3) is 2.73. The van der Waals surface area contributed by atoms with Crippen molar-refractivity contribution in [3.05, 3.63) is 23.8 Å². The quantitative estimate of drug-likeness (QED) is 0.454. The highest BCUT2D eigenvalue weighted by atomic mass is 16.5. The van der Waals surface area contributed by atoms with Crippen LogP contribution in [0.1, 0.15) is 39.5 Å². The van der Waals surface area contributed by atoms with E-state index in [-0.39, 0.29) is 17.1 Å². The zero-order chi connectivity index (χ0) is 17.4. The first-order valence-corrected chi connectivity index (χ1v) is 7.74. The molecule has 1 fully saturated rings. The topological polar surface area (TPSA) is 69.7 Å². The fraction of sp³-hybridized carbons (Fsp3) is 0.611. The molecule has 0 aromatic heterocycles. The second-order valence-corrected chi connectivity index (χ2v) is 6.98. The number of Topliss-reactive ketones (excluding diaryl/α,β-unsaturated/α-hetero) is 1.